The van der Waals surface area contributed by atoms with Crippen molar-refractivity contribution in [1.82, 2.24) is 30.3 Å². The minimum atomic E-state index is -0.152. The lowest BCUT2D eigenvalue weighted by Gasteiger charge is -2.32. The molecule has 1 unspecified atom stereocenters. The van der Waals surface area contributed by atoms with Gasteiger partial charge in [0.1, 0.15) is 11.5 Å². The van der Waals surface area contributed by atoms with Crippen molar-refractivity contribution in [3.63, 3.8) is 0 Å². The third-order valence-corrected chi connectivity index (χ3v) is 4.57. The zero-order chi connectivity index (χ0) is 17.1. The molecule has 0 aromatic carbocycles. The van der Waals surface area contributed by atoms with Crippen LogP contribution >= 0.6 is 0 Å². The summed E-state index contributed by atoms with van der Waals surface area (Å²) in [6.45, 7) is 3.48. The van der Waals surface area contributed by atoms with Crippen LogP contribution in [0.4, 0.5) is 0 Å². The molecule has 1 saturated heterocycles. The first-order valence-electron chi connectivity index (χ1n) is 8.49. The summed E-state index contributed by atoms with van der Waals surface area (Å²) < 4.78 is 6.89. The molecule has 1 atom stereocenters. The lowest BCUT2D eigenvalue weighted by atomic mass is 9.98. The maximum atomic E-state index is 12.5. The summed E-state index contributed by atoms with van der Waals surface area (Å²) in [7, 11) is 0. The molecule has 1 fully saturated rings. The molecule has 3 aromatic rings. The number of hydrogen-bond donors (Lipinski definition) is 1. The van der Waals surface area contributed by atoms with Crippen LogP contribution in [0.15, 0.2) is 41.0 Å². The molecule has 0 radical (unpaired) electrons. The minimum Gasteiger partial charge on any atom is -0.468 e. The Balaban J connectivity index is 1.34. The van der Waals surface area contributed by atoms with Gasteiger partial charge >= 0.3 is 0 Å². The molecule has 1 amide bonds. The lowest BCUT2D eigenvalue weighted by Crippen LogP contribution is -2.40. The molecular formula is C17H20N6O2. The topological polar surface area (TPSA) is 88.6 Å². The standard InChI is InChI=1S/C17H20N6O2/c24-17(15-6-1-7-16-19-20-21-23(15)16)18-10-13-4-2-8-22(11-13)12-14-5-3-9-25-14/h1,3,5-7,9,13H,2,4,8,10-12H2,(H,18,24). The summed E-state index contributed by atoms with van der Waals surface area (Å²) >= 11 is 0. The second-order valence-corrected chi connectivity index (χ2v) is 6.39. The normalized spacial score (nSPS) is 18.5. The number of rotatable bonds is 5. The highest BCUT2D eigenvalue weighted by Gasteiger charge is 2.22. The first-order valence-corrected chi connectivity index (χ1v) is 8.49. The van der Waals surface area contributed by atoms with E-state index in [-0.39, 0.29) is 5.91 Å². The van der Waals surface area contributed by atoms with Crippen molar-refractivity contribution in [3.05, 3.63) is 48.0 Å². The van der Waals surface area contributed by atoms with Gasteiger partial charge in [-0.25, -0.2) is 0 Å². The molecule has 0 saturated carbocycles. The first kappa shape index (κ1) is 15.8. The summed E-state index contributed by atoms with van der Waals surface area (Å²) in [5.41, 5.74) is 1.01. The van der Waals surface area contributed by atoms with E-state index in [9.17, 15) is 4.79 Å². The van der Waals surface area contributed by atoms with E-state index in [4.69, 9.17) is 4.42 Å². The Labute approximate surface area is 144 Å². The highest BCUT2D eigenvalue weighted by Crippen LogP contribution is 2.18. The Hall–Kier alpha value is -2.74. The van der Waals surface area contributed by atoms with Gasteiger partial charge in [-0.2, -0.15) is 4.52 Å². The molecule has 3 aromatic heterocycles. The van der Waals surface area contributed by atoms with E-state index < -0.39 is 0 Å². The van der Waals surface area contributed by atoms with Crippen molar-refractivity contribution in [2.45, 2.75) is 19.4 Å². The summed E-state index contributed by atoms with van der Waals surface area (Å²) in [5.74, 6) is 1.26. The average molecular weight is 340 g/mol. The Morgan fingerprint density at radius 1 is 1.32 bits per heavy atom. The fourth-order valence-corrected chi connectivity index (χ4v) is 3.35. The van der Waals surface area contributed by atoms with Crippen molar-refractivity contribution in [2.75, 3.05) is 19.6 Å². The zero-order valence-corrected chi connectivity index (χ0v) is 13.8. The SMILES string of the molecule is O=C(NCC1CCCN(Cc2ccco2)C1)c1cccc2nnnn12. The smallest absolute Gasteiger partial charge is 0.270 e. The van der Waals surface area contributed by atoms with Crippen LogP contribution in [0.5, 0.6) is 0 Å². The largest absolute Gasteiger partial charge is 0.468 e. The van der Waals surface area contributed by atoms with E-state index in [2.05, 4.69) is 25.7 Å². The number of nitrogens with zero attached hydrogens (tertiary/aromatic N) is 5. The van der Waals surface area contributed by atoms with E-state index in [0.29, 0.717) is 23.8 Å². The number of aromatic nitrogens is 4. The van der Waals surface area contributed by atoms with Crippen molar-refractivity contribution < 1.29 is 9.21 Å². The molecule has 8 heteroatoms. The van der Waals surface area contributed by atoms with Crippen molar-refractivity contribution in [3.8, 4) is 0 Å². The third kappa shape index (κ3) is 3.53. The van der Waals surface area contributed by atoms with Crippen LogP contribution in [0.1, 0.15) is 29.1 Å². The molecule has 130 valence electrons. The van der Waals surface area contributed by atoms with E-state index in [1.165, 1.54) is 4.52 Å². The fraction of sp³-hybridized carbons (Fsp3) is 0.412. The van der Waals surface area contributed by atoms with E-state index in [0.717, 1.165) is 38.2 Å². The van der Waals surface area contributed by atoms with Gasteiger partial charge in [-0.1, -0.05) is 6.07 Å². The number of pyridine rings is 1. The molecule has 1 aliphatic rings. The molecule has 4 rings (SSSR count). The molecule has 0 aliphatic carbocycles. The van der Waals surface area contributed by atoms with Gasteiger partial charge in [0.25, 0.3) is 5.91 Å². The number of tetrazole rings is 1. The van der Waals surface area contributed by atoms with Gasteiger partial charge in [-0.05, 0) is 60.0 Å². The summed E-state index contributed by atoms with van der Waals surface area (Å²) in [6, 6.07) is 9.19. The second kappa shape index (κ2) is 7.02. The summed E-state index contributed by atoms with van der Waals surface area (Å²) in [5, 5.41) is 14.4. The molecule has 8 nitrogen and oxygen atoms in total. The van der Waals surface area contributed by atoms with Crippen LogP contribution in [0.3, 0.4) is 0 Å². The summed E-state index contributed by atoms with van der Waals surface area (Å²) in [6.07, 6.45) is 3.95. The van der Waals surface area contributed by atoms with Crippen LogP contribution in [0.2, 0.25) is 0 Å². The van der Waals surface area contributed by atoms with Crippen LogP contribution in [0.25, 0.3) is 5.65 Å². The van der Waals surface area contributed by atoms with Crippen LogP contribution in [0, 0.1) is 5.92 Å². The van der Waals surface area contributed by atoms with Crippen LogP contribution in [-0.4, -0.2) is 50.5 Å². The number of likely N-dealkylation sites (tertiary alicyclic amines) is 1. The van der Waals surface area contributed by atoms with Crippen LogP contribution < -0.4 is 5.32 Å². The molecule has 1 aliphatic heterocycles. The van der Waals surface area contributed by atoms with Gasteiger partial charge in [0.15, 0.2) is 5.65 Å². The zero-order valence-electron chi connectivity index (χ0n) is 13.8. The predicted molar refractivity (Wildman–Crippen MR) is 89.8 cm³/mol. The van der Waals surface area contributed by atoms with Crippen LogP contribution in [-0.2, 0) is 6.54 Å². The fourth-order valence-electron chi connectivity index (χ4n) is 3.35. The highest BCUT2D eigenvalue weighted by molar-refractivity contribution is 5.93. The molecular weight excluding hydrogens is 320 g/mol. The lowest BCUT2D eigenvalue weighted by molar-refractivity contribution is 0.0920. The van der Waals surface area contributed by atoms with Gasteiger partial charge in [0.2, 0.25) is 0 Å². The van der Waals surface area contributed by atoms with Gasteiger partial charge < -0.3 is 9.73 Å². The molecule has 0 bridgehead atoms. The van der Waals surface area contributed by atoms with E-state index >= 15 is 0 Å². The maximum absolute atomic E-state index is 12.5. The second-order valence-electron chi connectivity index (χ2n) is 6.39. The molecule has 1 N–H and O–H groups in total. The average Bonchev–Trinajstić information content (AvgIpc) is 3.31. The number of piperidine rings is 1. The number of carbonyl (C=O) groups excluding carboxylic acids is 1. The number of hydrogen-bond acceptors (Lipinski definition) is 6. The van der Waals surface area contributed by atoms with Gasteiger partial charge in [0.05, 0.1) is 12.8 Å². The number of furan rings is 1. The summed E-state index contributed by atoms with van der Waals surface area (Å²) in [4.78, 5) is 14.9. The van der Waals surface area contributed by atoms with Crippen molar-refractivity contribution in [2.24, 2.45) is 5.92 Å². The number of nitrogens with one attached hydrogen (secondary N) is 1. The molecule has 4 heterocycles. The Morgan fingerprint density at radius 3 is 3.16 bits per heavy atom. The number of fused-ring (bicyclic) bond motifs is 1. The Kier molecular flexibility index (Phi) is 4.43. The predicted octanol–water partition coefficient (Wildman–Crippen LogP) is 1.36. The van der Waals surface area contributed by atoms with E-state index in [1.807, 2.05) is 12.1 Å². The first-order chi connectivity index (χ1) is 12.3. The van der Waals surface area contributed by atoms with E-state index in [1.54, 1.807) is 24.5 Å². The number of amides is 1. The van der Waals surface area contributed by atoms with Gasteiger partial charge in [-0.3, -0.25) is 9.69 Å². The minimum absolute atomic E-state index is 0.152. The van der Waals surface area contributed by atoms with Gasteiger partial charge in [0, 0.05) is 13.1 Å². The monoisotopic (exact) mass is 340 g/mol. The molecule has 0 spiro atoms. The third-order valence-electron chi connectivity index (χ3n) is 4.57. The van der Waals surface area contributed by atoms with Crippen molar-refractivity contribution >= 4 is 11.6 Å². The quantitative estimate of drug-likeness (QED) is 0.754. The van der Waals surface area contributed by atoms with Crippen molar-refractivity contribution in [1.29, 1.82) is 0 Å². The Bertz CT molecular complexity index is 844. The highest BCUT2D eigenvalue weighted by atomic mass is 16.3. The Morgan fingerprint density at radius 2 is 2.28 bits per heavy atom. The van der Waals surface area contributed by atoms with Gasteiger partial charge in [-0.15, -0.1) is 5.10 Å². The maximum Gasteiger partial charge on any atom is 0.270 e. The number of carbonyl (C=O) groups is 1. The molecule has 25 heavy (non-hydrogen) atoms.